The third-order valence-corrected chi connectivity index (χ3v) is 7.12. The van der Waals surface area contributed by atoms with E-state index in [4.69, 9.17) is 0 Å². The SMILES string of the molecule is CCc1ccccc1N1C(=O)[C@H]2[C@H](C1=O)[C@H](c1ccccc1)CC[C@H]2c1ccccc1. The number of para-hydroxylation sites is 1. The number of hydrogen-bond donors (Lipinski definition) is 0. The van der Waals surface area contributed by atoms with E-state index in [2.05, 4.69) is 31.2 Å². The van der Waals surface area contributed by atoms with Crippen LogP contribution >= 0.6 is 0 Å². The molecule has 2 amide bonds. The highest BCUT2D eigenvalue weighted by Gasteiger charge is 2.57. The van der Waals surface area contributed by atoms with Crippen LogP contribution < -0.4 is 4.90 Å². The molecular weight excluding hydrogens is 382 g/mol. The van der Waals surface area contributed by atoms with Crippen molar-refractivity contribution in [3.8, 4) is 0 Å². The van der Waals surface area contributed by atoms with Gasteiger partial charge in [0.25, 0.3) is 0 Å². The number of nitrogens with zero attached hydrogens (tertiary/aromatic N) is 1. The third-order valence-electron chi connectivity index (χ3n) is 7.12. The number of carbonyl (C=O) groups excluding carboxylic acids is 2. The lowest BCUT2D eigenvalue weighted by molar-refractivity contribution is -0.122. The maximum absolute atomic E-state index is 13.9. The van der Waals surface area contributed by atoms with Crippen molar-refractivity contribution in [1.82, 2.24) is 0 Å². The second kappa shape index (κ2) is 8.14. The van der Waals surface area contributed by atoms with E-state index in [1.54, 1.807) is 0 Å². The van der Waals surface area contributed by atoms with Crippen molar-refractivity contribution in [3.63, 3.8) is 0 Å². The Hall–Kier alpha value is -3.20. The van der Waals surface area contributed by atoms with Gasteiger partial charge in [-0.25, -0.2) is 4.90 Å². The molecule has 5 rings (SSSR count). The van der Waals surface area contributed by atoms with Crippen LogP contribution in [0.3, 0.4) is 0 Å². The van der Waals surface area contributed by atoms with Gasteiger partial charge < -0.3 is 0 Å². The minimum atomic E-state index is -0.321. The first-order valence-corrected chi connectivity index (χ1v) is 11.3. The Labute approximate surface area is 183 Å². The highest BCUT2D eigenvalue weighted by Crippen LogP contribution is 2.53. The highest BCUT2D eigenvalue weighted by molar-refractivity contribution is 6.23. The molecular formula is C28H27NO2. The normalized spacial score (nSPS) is 25.5. The Kier molecular flexibility index (Phi) is 5.19. The minimum Gasteiger partial charge on any atom is -0.274 e. The molecule has 3 aromatic carbocycles. The van der Waals surface area contributed by atoms with Crippen molar-refractivity contribution < 1.29 is 9.59 Å². The minimum absolute atomic E-state index is 0.0367. The molecule has 0 N–H and O–H groups in total. The largest absolute Gasteiger partial charge is 0.274 e. The molecule has 0 aromatic heterocycles. The van der Waals surface area contributed by atoms with Gasteiger partial charge in [-0.1, -0.05) is 85.8 Å². The van der Waals surface area contributed by atoms with E-state index in [0.717, 1.165) is 41.6 Å². The molecule has 4 atom stereocenters. The second-order valence-corrected chi connectivity index (χ2v) is 8.66. The van der Waals surface area contributed by atoms with E-state index < -0.39 is 0 Å². The van der Waals surface area contributed by atoms with Crippen molar-refractivity contribution in [2.24, 2.45) is 11.8 Å². The molecule has 1 saturated carbocycles. The molecule has 31 heavy (non-hydrogen) atoms. The summed E-state index contributed by atoms with van der Waals surface area (Å²) in [6.07, 6.45) is 2.60. The summed E-state index contributed by atoms with van der Waals surface area (Å²) in [6, 6.07) is 28.3. The molecule has 3 nitrogen and oxygen atoms in total. The summed E-state index contributed by atoms with van der Waals surface area (Å²) in [7, 11) is 0. The Morgan fingerprint density at radius 3 is 1.61 bits per heavy atom. The van der Waals surface area contributed by atoms with Gasteiger partial charge in [-0.15, -0.1) is 0 Å². The van der Waals surface area contributed by atoms with Crippen LogP contribution in [0.25, 0.3) is 0 Å². The van der Waals surface area contributed by atoms with E-state index in [1.807, 2.05) is 60.7 Å². The lowest BCUT2D eigenvalue weighted by Gasteiger charge is -2.37. The number of amides is 2. The van der Waals surface area contributed by atoms with Crippen molar-refractivity contribution in [3.05, 3.63) is 102 Å². The predicted molar refractivity (Wildman–Crippen MR) is 123 cm³/mol. The number of hydrogen-bond acceptors (Lipinski definition) is 2. The topological polar surface area (TPSA) is 37.4 Å². The summed E-state index contributed by atoms with van der Waals surface area (Å²) in [5.41, 5.74) is 4.12. The fraction of sp³-hybridized carbons (Fsp3) is 0.286. The van der Waals surface area contributed by atoms with Gasteiger partial charge in [0.1, 0.15) is 0 Å². The molecule has 0 bridgehead atoms. The van der Waals surface area contributed by atoms with Gasteiger partial charge in [0.05, 0.1) is 17.5 Å². The average molecular weight is 410 g/mol. The zero-order chi connectivity index (χ0) is 21.4. The van der Waals surface area contributed by atoms with Gasteiger partial charge in [0, 0.05) is 0 Å². The van der Waals surface area contributed by atoms with E-state index in [9.17, 15) is 9.59 Å². The van der Waals surface area contributed by atoms with Gasteiger partial charge in [-0.3, -0.25) is 9.59 Å². The standard InChI is InChI=1S/C28H27NO2/c1-2-19-11-9-10-16-24(19)29-27(30)25-22(20-12-5-3-6-13-20)17-18-23(26(25)28(29)31)21-14-7-4-8-15-21/h3-16,22-23,25-26H,2,17-18H2,1H3/t22-,23-,25+,26+/m0/s1. The van der Waals surface area contributed by atoms with E-state index in [1.165, 1.54) is 4.90 Å². The molecule has 1 aliphatic carbocycles. The van der Waals surface area contributed by atoms with E-state index in [-0.39, 0.29) is 35.5 Å². The predicted octanol–water partition coefficient (Wildman–Crippen LogP) is 5.72. The number of rotatable bonds is 4. The summed E-state index contributed by atoms with van der Waals surface area (Å²) >= 11 is 0. The van der Waals surface area contributed by atoms with Crippen LogP contribution in [-0.2, 0) is 16.0 Å². The lowest BCUT2D eigenvalue weighted by atomic mass is 9.64. The highest BCUT2D eigenvalue weighted by atomic mass is 16.2. The number of aryl methyl sites for hydroxylation is 1. The molecule has 0 unspecified atom stereocenters. The fourth-order valence-corrected chi connectivity index (χ4v) is 5.69. The van der Waals surface area contributed by atoms with Crippen LogP contribution in [0.5, 0.6) is 0 Å². The van der Waals surface area contributed by atoms with Crippen LogP contribution in [0.1, 0.15) is 48.3 Å². The van der Waals surface area contributed by atoms with Crippen molar-refractivity contribution >= 4 is 17.5 Å². The molecule has 1 aliphatic heterocycles. The summed E-state index contributed by atoms with van der Waals surface area (Å²) in [5.74, 6) is -0.573. The van der Waals surface area contributed by atoms with Crippen LogP contribution in [0.15, 0.2) is 84.9 Å². The Morgan fingerprint density at radius 1 is 0.677 bits per heavy atom. The first kappa shape index (κ1) is 19.7. The molecule has 2 fully saturated rings. The Bertz CT molecular complexity index is 1030. The van der Waals surface area contributed by atoms with Crippen molar-refractivity contribution in [2.75, 3.05) is 4.90 Å². The van der Waals surface area contributed by atoms with Crippen LogP contribution in [0.2, 0.25) is 0 Å². The first-order chi connectivity index (χ1) is 15.2. The van der Waals surface area contributed by atoms with Crippen LogP contribution in [-0.4, -0.2) is 11.8 Å². The van der Waals surface area contributed by atoms with E-state index >= 15 is 0 Å². The maximum Gasteiger partial charge on any atom is 0.238 e. The van der Waals surface area contributed by atoms with Gasteiger partial charge in [0.15, 0.2) is 0 Å². The monoisotopic (exact) mass is 409 g/mol. The molecule has 3 heteroatoms. The zero-order valence-electron chi connectivity index (χ0n) is 17.8. The van der Waals surface area contributed by atoms with E-state index in [0.29, 0.717) is 0 Å². The van der Waals surface area contributed by atoms with Crippen LogP contribution in [0, 0.1) is 11.8 Å². The summed E-state index contributed by atoms with van der Waals surface area (Å²) in [4.78, 5) is 29.3. The number of benzene rings is 3. The second-order valence-electron chi connectivity index (χ2n) is 8.66. The molecule has 0 radical (unpaired) electrons. The summed E-state index contributed by atoms with van der Waals surface area (Å²) in [6.45, 7) is 2.07. The molecule has 2 aliphatic rings. The van der Waals surface area contributed by atoms with Gasteiger partial charge in [0.2, 0.25) is 11.8 Å². The molecule has 156 valence electrons. The number of carbonyl (C=O) groups is 2. The Morgan fingerprint density at radius 2 is 1.13 bits per heavy atom. The summed E-state index contributed by atoms with van der Waals surface area (Å²) in [5, 5.41) is 0. The Balaban J connectivity index is 1.62. The zero-order valence-corrected chi connectivity index (χ0v) is 17.8. The third kappa shape index (κ3) is 3.29. The lowest BCUT2D eigenvalue weighted by Crippen LogP contribution is -2.34. The smallest absolute Gasteiger partial charge is 0.238 e. The quantitative estimate of drug-likeness (QED) is 0.517. The molecule has 1 heterocycles. The fourth-order valence-electron chi connectivity index (χ4n) is 5.69. The average Bonchev–Trinajstić information content (AvgIpc) is 3.10. The number of anilines is 1. The van der Waals surface area contributed by atoms with Gasteiger partial charge >= 0.3 is 0 Å². The van der Waals surface area contributed by atoms with Crippen LogP contribution in [0.4, 0.5) is 5.69 Å². The van der Waals surface area contributed by atoms with Gasteiger partial charge in [-0.05, 0) is 53.9 Å². The molecule has 0 spiro atoms. The van der Waals surface area contributed by atoms with Crippen molar-refractivity contribution in [1.29, 1.82) is 0 Å². The van der Waals surface area contributed by atoms with Crippen molar-refractivity contribution in [2.45, 2.75) is 38.0 Å². The number of fused-ring (bicyclic) bond motifs is 1. The summed E-state index contributed by atoms with van der Waals surface area (Å²) < 4.78 is 0. The molecule has 3 aromatic rings. The first-order valence-electron chi connectivity index (χ1n) is 11.3. The maximum atomic E-state index is 13.9. The molecule has 1 saturated heterocycles. The number of imide groups is 1. The van der Waals surface area contributed by atoms with Gasteiger partial charge in [-0.2, -0.15) is 0 Å².